The highest BCUT2D eigenvalue weighted by molar-refractivity contribution is 7.18. The smallest absolute Gasteiger partial charge is 0.200 e. The van der Waals surface area contributed by atoms with Crippen LogP contribution in [0.4, 0.5) is 10.1 Å². The van der Waals surface area contributed by atoms with E-state index in [1.165, 1.54) is 0 Å². The summed E-state index contributed by atoms with van der Waals surface area (Å²) < 4.78 is 13.7. The molecule has 0 spiro atoms. The summed E-state index contributed by atoms with van der Waals surface area (Å²) in [7, 11) is 0. The predicted molar refractivity (Wildman–Crippen MR) is 46.2 cm³/mol. The first-order valence-corrected chi connectivity index (χ1v) is 4.03. The zero-order valence-corrected chi connectivity index (χ0v) is 6.49. The van der Waals surface area contributed by atoms with Crippen LogP contribution in [-0.2, 0) is 0 Å². The average molecular weight is 167 g/mol. The van der Waals surface area contributed by atoms with Crippen LogP contribution in [0.2, 0.25) is 0 Å². The molecule has 0 aliphatic heterocycles. The summed E-state index contributed by atoms with van der Waals surface area (Å²) in [5.41, 5.74) is 5.74. The largest absolute Gasteiger partial charge is 0.395 e. The zero-order chi connectivity index (χ0) is 7.84. The molecule has 0 atom stereocenters. The van der Waals surface area contributed by atoms with Crippen molar-refractivity contribution in [2.24, 2.45) is 0 Å². The van der Waals surface area contributed by atoms with E-state index in [1.54, 1.807) is 0 Å². The quantitative estimate of drug-likeness (QED) is 0.641. The van der Waals surface area contributed by atoms with E-state index in [0.717, 1.165) is 21.4 Å². The number of nitrogen functional groups attached to an aromatic ring is 1. The Kier molecular flexibility index (Phi) is 1.32. The third kappa shape index (κ3) is 0.886. The molecule has 56 valence electrons. The summed E-state index contributed by atoms with van der Waals surface area (Å²) in [5, 5.41) is 0.529. The van der Waals surface area contributed by atoms with Gasteiger partial charge in [0.15, 0.2) is 0 Å². The van der Waals surface area contributed by atoms with Gasteiger partial charge < -0.3 is 5.73 Å². The minimum Gasteiger partial charge on any atom is -0.395 e. The number of nitrogens with two attached hydrogens (primary N) is 1. The minimum atomic E-state index is -0.286. The standard InChI is InChI=1S/C8H6FNS/c9-8-7(10)5-3-1-2-4-6(5)11-8/h1-4H,10H2. The first-order chi connectivity index (χ1) is 5.29. The Morgan fingerprint density at radius 1 is 1.27 bits per heavy atom. The molecule has 0 saturated heterocycles. The molecule has 1 heterocycles. The maximum atomic E-state index is 12.8. The van der Waals surface area contributed by atoms with Gasteiger partial charge in [0.1, 0.15) is 0 Å². The van der Waals surface area contributed by atoms with E-state index < -0.39 is 0 Å². The van der Waals surface area contributed by atoms with Gasteiger partial charge in [-0.05, 0) is 6.07 Å². The fourth-order valence-corrected chi connectivity index (χ4v) is 1.88. The van der Waals surface area contributed by atoms with Gasteiger partial charge in [-0.25, -0.2) is 0 Å². The van der Waals surface area contributed by atoms with E-state index in [9.17, 15) is 4.39 Å². The van der Waals surface area contributed by atoms with Crippen LogP contribution in [0.3, 0.4) is 0 Å². The molecule has 2 aromatic rings. The highest BCUT2D eigenvalue weighted by atomic mass is 32.1. The van der Waals surface area contributed by atoms with Gasteiger partial charge in [0.25, 0.3) is 0 Å². The average Bonchev–Trinajstić information content (AvgIpc) is 2.30. The lowest BCUT2D eigenvalue weighted by molar-refractivity contribution is 0.662. The van der Waals surface area contributed by atoms with Crippen molar-refractivity contribution in [3.8, 4) is 0 Å². The summed E-state index contributed by atoms with van der Waals surface area (Å²) in [5.74, 6) is 0. The second-order valence-electron chi connectivity index (χ2n) is 2.29. The van der Waals surface area contributed by atoms with Gasteiger partial charge in [0, 0.05) is 10.1 Å². The Balaban J connectivity index is 2.92. The Bertz CT molecular complexity index is 394. The van der Waals surface area contributed by atoms with Crippen molar-refractivity contribution in [2.75, 3.05) is 5.73 Å². The normalized spacial score (nSPS) is 10.6. The minimum absolute atomic E-state index is 0.269. The SMILES string of the molecule is Nc1c(F)sc2ccccc12. The Labute approximate surface area is 67.3 Å². The van der Waals surface area contributed by atoms with Gasteiger partial charge in [0.2, 0.25) is 5.13 Å². The molecule has 1 aromatic carbocycles. The molecule has 1 aromatic heterocycles. The summed E-state index contributed by atoms with van der Waals surface area (Å²) in [6, 6.07) is 7.41. The summed E-state index contributed by atoms with van der Waals surface area (Å²) in [4.78, 5) is 0. The molecule has 0 fully saturated rings. The lowest BCUT2D eigenvalue weighted by Gasteiger charge is -1.87. The monoisotopic (exact) mass is 167 g/mol. The van der Waals surface area contributed by atoms with E-state index in [4.69, 9.17) is 5.73 Å². The fourth-order valence-electron chi connectivity index (χ4n) is 1.04. The third-order valence-corrected chi connectivity index (χ3v) is 2.56. The number of anilines is 1. The van der Waals surface area contributed by atoms with Gasteiger partial charge in [-0.2, -0.15) is 4.39 Å². The number of halogens is 1. The number of thiophene rings is 1. The molecular weight excluding hydrogens is 161 g/mol. The second-order valence-corrected chi connectivity index (χ2v) is 3.29. The van der Waals surface area contributed by atoms with Gasteiger partial charge in [-0.15, -0.1) is 11.3 Å². The first-order valence-electron chi connectivity index (χ1n) is 3.21. The first kappa shape index (κ1) is 6.61. The Morgan fingerprint density at radius 2 is 2.00 bits per heavy atom. The molecule has 11 heavy (non-hydrogen) atoms. The van der Waals surface area contributed by atoms with Crippen molar-refractivity contribution < 1.29 is 4.39 Å². The van der Waals surface area contributed by atoms with Crippen LogP contribution in [0.5, 0.6) is 0 Å². The number of fused-ring (bicyclic) bond motifs is 1. The maximum absolute atomic E-state index is 12.8. The predicted octanol–water partition coefficient (Wildman–Crippen LogP) is 2.62. The Hall–Kier alpha value is -1.09. The van der Waals surface area contributed by atoms with Crippen molar-refractivity contribution >= 4 is 27.1 Å². The molecule has 2 rings (SSSR count). The molecule has 0 bridgehead atoms. The van der Waals surface area contributed by atoms with Crippen LogP contribution in [-0.4, -0.2) is 0 Å². The molecule has 3 heteroatoms. The third-order valence-electron chi connectivity index (χ3n) is 1.59. The molecule has 0 saturated carbocycles. The van der Waals surface area contributed by atoms with Gasteiger partial charge in [0.05, 0.1) is 5.69 Å². The van der Waals surface area contributed by atoms with E-state index in [2.05, 4.69) is 0 Å². The molecule has 1 nitrogen and oxygen atoms in total. The summed E-state index contributed by atoms with van der Waals surface area (Å²) in [6.07, 6.45) is 0. The molecule has 0 amide bonds. The van der Waals surface area contributed by atoms with E-state index in [-0.39, 0.29) is 10.8 Å². The van der Waals surface area contributed by atoms with Crippen molar-refractivity contribution in [3.63, 3.8) is 0 Å². The van der Waals surface area contributed by atoms with Crippen LogP contribution in [0.25, 0.3) is 10.1 Å². The number of hydrogen-bond acceptors (Lipinski definition) is 2. The van der Waals surface area contributed by atoms with Crippen LogP contribution < -0.4 is 5.73 Å². The zero-order valence-electron chi connectivity index (χ0n) is 5.67. The van der Waals surface area contributed by atoms with Crippen LogP contribution in [0, 0.1) is 5.13 Å². The van der Waals surface area contributed by atoms with Crippen molar-refractivity contribution in [1.82, 2.24) is 0 Å². The molecule has 0 aliphatic rings. The van der Waals surface area contributed by atoms with Crippen molar-refractivity contribution in [1.29, 1.82) is 0 Å². The molecule has 2 N–H and O–H groups in total. The van der Waals surface area contributed by atoms with Gasteiger partial charge in [-0.3, -0.25) is 0 Å². The molecule has 0 radical (unpaired) electrons. The number of rotatable bonds is 0. The van der Waals surface area contributed by atoms with E-state index in [0.29, 0.717) is 0 Å². The summed E-state index contributed by atoms with van der Waals surface area (Å²) >= 11 is 1.09. The Morgan fingerprint density at radius 3 is 2.73 bits per heavy atom. The molecule has 0 aliphatic carbocycles. The van der Waals surface area contributed by atoms with E-state index >= 15 is 0 Å². The fraction of sp³-hybridized carbons (Fsp3) is 0. The highest BCUT2D eigenvalue weighted by Gasteiger charge is 2.06. The van der Waals surface area contributed by atoms with E-state index in [1.807, 2.05) is 24.3 Å². The molecule has 0 unspecified atom stereocenters. The molecular formula is C8H6FNS. The number of benzene rings is 1. The lowest BCUT2D eigenvalue weighted by Crippen LogP contribution is -1.83. The second kappa shape index (κ2) is 2.20. The topological polar surface area (TPSA) is 26.0 Å². The van der Waals surface area contributed by atoms with Gasteiger partial charge >= 0.3 is 0 Å². The van der Waals surface area contributed by atoms with Crippen molar-refractivity contribution in [3.05, 3.63) is 29.4 Å². The van der Waals surface area contributed by atoms with Crippen LogP contribution in [0.15, 0.2) is 24.3 Å². The maximum Gasteiger partial charge on any atom is 0.200 e. The lowest BCUT2D eigenvalue weighted by atomic mass is 10.2. The van der Waals surface area contributed by atoms with Gasteiger partial charge in [-0.1, -0.05) is 18.2 Å². The van der Waals surface area contributed by atoms with Crippen molar-refractivity contribution in [2.45, 2.75) is 0 Å². The van der Waals surface area contributed by atoms with Crippen LogP contribution in [0.1, 0.15) is 0 Å². The highest BCUT2D eigenvalue weighted by Crippen LogP contribution is 2.31. The number of hydrogen-bond donors (Lipinski definition) is 1. The van der Waals surface area contributed by atoms with Crippen LogP contribution >= 0.6 is 11.3 Å². The summed E-state index contributed by atoms with van der Waals surface area (Å²) in [6.45, 7) is 0.